The predicted molar refractivity (Wildman–Crippen MR) is 32.0 cm³/mol. The van der Waals surface area contributed by atoms with Gasteiger partial charge in [-0.2, -0.15) is 5.26 Å². The highest BCUT2D eigenvalue weighted by Crippen LogP contribution is 2.43. The molecular weight excluding hydrogens is 98.1 g/mol. The molecule has 0 radical (unpaired) electrons. The third-order valence-electron chi connectivity index (χ3n) is 1.86. The summed E-state index contributed by atoms with van der Waals surface area (Å²) in [6.07, 6.45) is 1.15. The smallest absolute Gasteiger partial charge is 0.0658 e. The van der Waals surface area contributed by atoms with Crippen molar-refractivity contribution in [3.63, 3.8) is 0 Å². The molecule has 0 spiro atoms. The zero-order valence-electron chi connectivity index (χ0n) is 5.39. The Kier molecular flexibility index (Phi) is 1.25. The van der Waals surface area contributed by atoms with Gasteiger partial charge in [-0.1, -0.05) is 13.8 Å². The van der Waals surface area contributed by atoms with Gasteiger partial charge in [0.2, 0.25) is 0 Å². The van der Waals surface area contributed by atoms with Gasteiger partial charge in [0.15, 0.2) is 0 Å². The predicted octanol–water partition coefficient (Wildman–Crippen LogP) is 1.80. The molecule has 1 rings (SSSR count). The first kappa shape index (κ1) is 5.62. The number of rotatable bonds is 1. The topological polar surface area (TPSA) is 23.8 Å². The summed E-state index contributed by atoms with van der Waals surface area (Å²) in [6.45, 7) is 4.37. The fourth-order valence-electron chi connectivity index (χ4n) is 1.10. The second-order valence-corrected chi connectivity index (χ2v) is 2.88. The Morgan fingerprint density at radius 3 is 2.38 bits per heavy atom. The van der Waals surface area contributed by atoms with E-state index in [1.54, 1.807) is 0 Å². The highest BCUT2D eigenvalue weighted by molar-refractivity contribution is 5.02. The molecule has 8 heavy (non-hydrogen) atoms. The van der Waals surface area contributed by atoms with Gasteiger partial charge in [0, 0.05) is 5.92 Å². The largest absolute Gasteiger partial charge is 0.198 e. The fraction of sp³-hybridized carbons (Fsp3) is 0.857. The highest BCUT2D eigenvalue weighted by Gasteiger charge is 2.39. The van der Waals surface area contributed by atoms with Gasteiger partial charge in [0.25, 0.3) is 0 Å². The van der Waals surface area contributed by atoms with Crippen LogP contribution in [0.1, 0.15) is 20.3 Å². The van der Waals surface area contributed by atoms with Crippen LogP contribution in [0.3, 0.4) is 0 Å². The molecule has 0 heterocycles. The summed E-state index contributed by atoms with van der Waals surface area (Å²) < 4.78 is 0. The van der Waals surface area contributed by atoms with Crippen LogP contribution in [-0.2, 0) is 0 Å². The molecule has 0 aliphatic heterocycles. The Bertz CT molecular complexity index is 121. The summed E-state index contributed by atoms with van der Waals surface area (Å²) >= 11 is 0. The van der Waals surface area contributed by atoms with Crippen molar-refractivity contribution in [1.29, 1.82) is 5.26 Å². The van der Waals surface area contributed by atoms with Gasteiger partial charge in [-0.3, -0.25) is 0 Å². The van der Waals surface area contributed by atoms with E-state index in [0.29, 0.717) is 5.92 Å². The van der Waals surface area contributed by atoms with Crippen LogP contribution in [0.15, 0.2) is 0 Å². The number of nitriles is 1. The van der Waals surface area contributed by atoms with E-state index >= 15 is 0 Å². The van der Waals surface area contributed by atoms with Crippen molar-refractivity contribution in [2.24, 2.45) is 17.8 Å². The van der Waals surface area contributed by atoms with Gasteiger partial charge in [-0.15, -0.1) is 0 Å². The summed E-state index contributed by atoms with van der Waals surface area (Å²) in [6, 6.07) is 2.27. The van der Waals surface area contributed by atoms with Crippen LogP contribution < -0.4 is 0 Å². The molecule has 0 aromatic heterocycles. The Morgan fingerprint density at radius 2 is 2.25 bits per heavy atom. The van der Waals surface area contributed by atoms with E-state index in [0.717, 1.165) is 18.3 Å². The molecule has 1 aliphatic carbocycles. The molecule has 0 aromatic carbocycles. The van der Waals surface area contributed by atoms with Crippen molar-refractivity contribution in [2.75, 3.05) is 0 Å². The minimum Gasteiger partial charge on any atom is -0.198 e. The molecule has 0 amide bonds. The second-order valence-electron chi connectivity index (χ2n) is 2.88. The standard InChI is InChI=1S/C7H11N/c1-5(2)7-3-6(7)4-8/h5-7H,3H2,1-2H3/t6-,7?/m0/s1. The lowest BCUT2D eigenvalue weighted by atomic mass is 10.1. The van der Waals surface area contributed by atoms with Gasteiger partial charge < -0.3 is 0 Å². The van der Waals surface area contributed by atoms with E-state index in [1.807, 2.05) is 0 Å². The molecule has 1 aliphatic rings. The summed E-state index contributed by atoms with van der Waals surface area (Å²) in [5.74, 6) is 1.84. The first-order valence-electron chi connectivity index (χ1n) is 3.15. The quantitative estimate of drug-likeness (QED) is 0.503. The molecule has 0 N–H and O–H groups in total. The van der Waals surface area contributed by atoms with Crippen molar-refractivity contribution >= 4 is 0 Å². The molecule has 1 unspecified atom stereocenters. The Hall–Kier alpha value is -0.510. The third kappa shape index (κ3) is 0.838. The molecule has 0 bridgehead atoms. The van der Waals surface area contributed by atoms with Crippen LogP contribution in [0.2, 0.25) is 0 Å². The van der Waals surface area contributed by atoms with E-state index in [2.05, 4.69) is 19.9 Å². The molecule has 2 atom stereocenters. The van der Waals surface area contributed by atoms with Crippen molar-refractivity contribution in [3.8, 4) is 6.07 Å². The van der Waals surface area contributed by atoms with Crippen molar-refractivity contribution in [2.45, 2.75) is 20.3 Å². The first-order valence-corrected chi connectivity index (χ1v) is 3.15. The first-order chi connectivity index (χ1) is 3.75. The van der Waals surface area contributed by atoms with Gasteiger partial charge in [0.05, 0.1) is 6.07 Å². The van der Waals surface area contributed by atoms with Crippen LogP contribution in [0.25, 0.3) is 0 Å². The Balaban J connectivity index is 2.29. The van der Waals surface area contributed by atoms with E-state index < -0.39 is 0 Å². The molecule has 0 aromatic rings. The van der Waals surface area contributed by atoms with Crippen LogP contribution in [0.4, 0.5) is 0 Å². The minimum absolute atomic E-state index is 0.398. The zero-order chi connectivity index (χ0) is 6.15. The van der Waals surface area contributed by atoms with E-state index in [9.17, 15) is 0 Å². The average Bonchev–Trinajstić information content (AvgIpc) is 2.42. The molecule has 0 saturated heterocycles. The van der Waals surface area contributed by atoms with E-state index in [-0.39, 0.29) is 0 Å². The number of hydrogen-bond donors (Lipinski definition) is 0. The fourth-order valence-corrected chi connectivity index (χ4v) is 1.10. The van der Waals surface area contributed by atoms with E-state index in [1.165, 1.54) is 0 Å². The number of nitrogens with zero attached hydrogens (tertiary/aromatic N) is 1. The molecule has 44 valence electrons. The maximum atomic E-state index is 8.38. The highest BCUT2D eigenvalue weighted by atomic mass is 14.4. The monoisotopic (exact) mass is 109 g/mol. The molecule has 1 saturated carbocycles. The maximum absolute atomic E-state index is 8.38. The maximum Gasteiger partial charge on any atom is 0.0658 e. The SMILES string of the molecule is CC(C)C1C[C@H]1C#N. The third-order valence-corrected chi connectivity index (χ3v) is 1.86. The number of hydrogen-bond acceptors (Lipinski definition) is 1. The lowest BCUT2D eigenvalue weighted by molar-refractivity contribution is 0.545. The lowest BCUT2D eigenvalue weighted by Crippen LogP contribution is -1.90. The van der Waals surface area contributed by atoms with Gasteiger partial charge in [0.1, 0.15) is 0 Å². The minimum atomic E-state index is 0.398. The van der Waals surface area contributed by atoms with E-state index in [4.69, 9.17) is 5.26 Å². The van der Waals surface area contributed by atoms with Crippen molar-refractivity contribution < 1.29 is 0 Å². The molecule has 1 nitrogen and oxygen atoms in total. The van der Waals surface area contributed by atoms with Crippen LogP contribution in [0.5, 0.6) is 0 Å². The molecule has 1 fully saturated rings. The summed E-state index contributed by atoms with van der Waals surface area (Å²) in [5.41, 5.74) is 0. The summed E-state index contributed by atoms with van der Waals surface area (Å²) in [5, 5.41) is 8.38. The van der Waals surface area contributed by atoms with Crippen LogP contribution in [-0.4, -0.2) is 0 Å². The van der Waals surface area contributed by atoms with Gasteiger partial charge in [-0.05, 0) is 18.3 Å². The van der Waals surface area contributed by atoms with Gasteiger partial charge >= 0.3 is 0 Å². The van der Waals surface area contributed by atoms with Crippen LogP contribution >= 0.6 is 0 Å². The molecule has 1 heteroatoms. The van der Waals surface area contributed by atoms with Crippen molar-refractivity contribution in [3.05, 3.63) is 0 Å². The zero-order valence-corrected chi connectivity index (χ0v) is 5.39. The van der Waals surface area contributed by atoms with Crippen molar-refractivity contribution in [1.82, 2.24) is 0 Å². The Morgan fingerprint density at radius 1 is 1.62 bits per heavy atom. The average molecular weight is 109 g/mol. The second kappa shape index (κ2) is 1.78. The molecular formula is C7H11N. The Labute approximate surface area is 50.3 Å². The summed E-state index contributed by atoms with van der Waals surface area (Å²) in [7, 11) is 0. The van der Waals surface area contributed by atoms with Crippen LogP contribution in [0, 0.1) is 29.1 Å². The lowest BCUT2D eigenvalue weighted by Gasteiger charge is -1.95. The van der Waals surface area contributed by atoms with Gasteiger partial charge in [-0.25, -0.2) is 0 Å². The normalized spacial score (nSPS) is 34.8. The summed E-state index contributed by atoms with van der Waals surface area (Å²) in [4.78, 5) is 0.